The van der Waals surface area contributed by atoms with Gasteiger partial charge in [0.25, 0.3) is 0 Å². The first-order chi connectivity index (χ1) is 17.7. The summed E-state index contributed by atoms with van der Waals surface area (Å²) in [4.78, 5) is 37.2. The number of rotatable bonds is 5. The van der Waals surface area contributed by atoms with E-state index in [0.717, 1.165) is 0 Å². The fourth-order valence-corrected chi connectivity index (χ4v) is 6.56. The Kier molecular flexibility index (Phi) is 5.28. The molecule has 5 unspecified atom stereocenters. The van der Waals surface area contributed by atoms with E-state index in [0.29, 0.717) is 33.7 Å². The van der Waals surface area contributed by atoms with Crippen molar-refractivity contribution in [3.63, 3.8) is 0 Å². The highest BCUT2D eigenvalue weighted by Crippen LogP contribution is 2.62. The number of benzene rings is 2. The smallest absolute Gasteiger partial charge is 0.240 e. The molecule has 5 atom stereocenters. The van der Waals surface area contributed by atoms with E-state index in [-0.39, 0.29) is 30.5 Å². The molecule has 2 bridgehead atoms. The van der Waals surface area contributed by atoms with Crippen molar-refractivity contribution in [3.05, 3.63) is 59.0 Å². The molecule has 1 aromatic heterocycles. The molecule has 0 spiro atoms. The van der Waals surface area contributed by atoms with Gasteiger partial charge in [0.15, 0.2) is 0 Å². The Morgan fingerprint density at radius 2 is 1.92 bits per heavy atom. The highest BCUT2D eigenvalue weighted by atomic mass is 35.5. The van der Waals surface area contributed by atoms with E-state index >= 15 is 0 Å². The van der Waals surface area contributed by atoms with Crippen molar-refractivity contribution in [2.75, 3.05) is 11.5 Å². The summed E-state index contributed by atoms with van der Waals surface area (Å²) >= 11 is 6.00. The molecule has 3 aromatic rings. The van der Waals surface area contributed by atoms with Crippen LogP contribution >= 0.6 is 11.6 Å². The van der Waals surface area contributed by atoms with Gasteiger partial charge < -0.3 is 14.6 Å². The molecular formula is C27H23ClN4O5. The van der Waals surface area contributed by atoms with Gasteiger partial charge in [-0.15, -0.1) is 0 Å². The summed E-state index contributed by atoms with van der Waals surface area (Å²) in [6.45, 7) is 3.54. The van der Waals surface area contributed by atoms with Crippen LogP contribution < -0.4 is 9.64 Å². The zero-order chi connectivity index (χ0) is 26.1. The highest BCUT2D eigenvalue weighted by Gasteiger charge is 2.77. The van der Waals surface area contributed by atoms with Crippen LogP contribution in [0.5, 0.6) is 5.88 Å². The molecule has 2 amide bonds. The number of carbonyl (C=O) groups is 2. The van der Waals surface area contributed by atoms with E-state index < -0.39 is 35.0 Å². The van der Waals surface area contributed by atoms with Crippen LogP contribution in [-0.2, 0) is 14.3 Å². The number of nitriles is 1. The second kappa shape index (κ2) is 8.21. The van der Waals surface area contributed by atoms with Gasteiger partial charge in [0.05, 0.1) is 47.5 Å². The lowest BCUT2D eigenvalue weighted by Gasteiger charge is -2.33. The van der Waals surface area contributed by atoms with E-state index in [9.17, 15) is 20.0 Å². The quantitative estimate of drug-likeness (QED) is 0.402. The number of aromatic nitrogens is 2. The number of aryl methyl sites for hydroxylation is 1. The number of anilines is 1. The lowest BCUT2D eigenvalue weighted by molar-refractivity contribution is -0.134. The summed E-state index contributed by atoms with van der Waals surface area (Å²) < 4.78 is 12.2. The van der Waals surface area contributed by atoms with Crippen LogP contribution in [0.3, 0.4) is 0 Å². The molecule has 3 saturated heterocycles. The molecule has 1 N–H and O–H groups in total. The molecule has 0 saturated carbocycles. The molecule has 6 rings (SSSR count). The predicted molar refractivity (Wildman–Crippen MR) is 133 cm³/mol. The SMILES string of the molecule is Cc1nc(Cl)cc(OCCC23CC(O)C(C)(O2)C2C(=O)N(c4ccc(C#N)c5ccccc45)C(=O)C23)n1. The zero-order valence-electron chi connectivity index (χ0n) is 20.1. The van der Waals surface area contributed by atoms with Crippen molar-refractivity contribution >= 4 is 39.9 Å². The number of hydrogen-bond acceptors (Lipinski definition) is 8. The Morgan fingerprint density at radius 1 is 1.19 bits per heavy atom. The monoisotopic (exact) mass is 518 g/mol. The molecule has 188 valence electrons. The van der Waals surface area contributed by atoms with Crippen molar-refractivity contribution in [2.45, 2.75) is 44.0 Å². The van der Waals surface area contributed by atoms with Gasteiger partial charge in [0, 0.05) is 29.7 Å². The van der Waals surface area contributed by atoms with Gasteiger partial charge in [0.1, 0.15) is 16.6 Å². The number of fused-ring (bicyclic) bond motifs is 6. The van der Waals surface area contributed by atoms with Crippen molar-refractivity contribution in [2.24, 2.45) is 11.8 Å². The van der Waals surface area contributed by atoms with E-state index in [1.165, 1.54) is 11.0 Å². The molecule has 3 aliphatic heterocycles. The fourth-order valence-electron chi connectivity index (χ4n) is 6.35. The average Bonchev–Trinajstić information content (AvgIpc) is 3.39. The zero-order valence-corrected chi connectivity index (χ0v) is 20.9. The number of aliphatic hydroxyl groups is 1. The summed E-state index contributed by atoms with van der Waals surface area (Å²) in [6.07, 6.45) is -0.444. The highest BCUT2D eigenvalue weighted by molar-refractivity contribution is 6.29. The van der Waals surface area contributed by atoms with Gasteiger partial charge in [-0.3, -0.25) is 9.59 Å². The van der Waals surface area contributed by atoms with Gasteiger partial charge in [-0.1, -0.05) is 35.9 Å². The van der Waals surface area contributed by atoms with E-state index in [4.69, 9.17) is 21.1 Å². The second-order valence-corrected chi connectivity index (χ2v) is 10.4. The maximum absolute atomic E-state index is 14.0. The second-order valence-electron chi connectivity index (χ2n) is 10.0. The Labute approximate surface area is 217 Å². The van der Waals surface area contributed by atoms with Gasteiger partial charge in [-0.25, -0.2) is 9.88 Å². The molecule has 0 radical (unpaired) electrons. The van der Waals surface area contributed by atoms with Crippen LogP contribution in [0.2, 0.25) is 5.15 Å². The molecule has 3 aliphatic rings. The first-order valence-electron chi connectivity index (χ1n) is 12.0. The molecule has 2 aromatic carbocycles. The summed E-state index contributed by atoms with van der Waals surface area (Å²) in [5.41, 5.74) is -1.40. The normalized spacial score (nSPS) is 30.1. The third kappa shape index (κ3) is 3.37. The summed E-state index contributed by atoms with van der Waals surface area (Å²) in [6, 6.07) is 14.1. The van der Waals surface area contributed by atoms with E-state index in [2.05, 4.69) is 16.0 Å². The van der Waals surface area contributed by atoms with Crippen LogP contribution in [0.25, 0.3) is 10.8 Å². The van der Waals surface area contributed by atoms with Crippen molar-refractivity contribution in [1.29, 1.82) is 5.26 Å². The molecule has 3 fully saturated rings. The summed E-state index contributed by atoms with van der Waals surface area (Å²) in [7, 11) is 0. The Balaban J connectivity index is 1.35. The number of carbonyl (C=O) groups excluding carboxylic acids is 2. The minimum absolute atomic E-state index is 0.139. The predicted octanol–water partition coefficient (Wildman–Crippen LogP) is 3.33. The largest absolute Gasteiger partial charge is 0.477 e. The molecule has 0 aliphatic carbocycles. The standard InChI is InChI=1S/C27H23ClN4O5/c1-14-30-20(28)11-21(31-14)36-10-9-27-12-19(33)26(2,37-27)22-23(27)25(35)32(24(22)34)18-8-7-15(13-29)16-5-3-4-6-17(16)18/h3-8,11,19,22-23,33H,9-10,12H2,1-2H3. The third-order valence-electron chi connectivity index (χ3n) is 7.94. The number of hydrogen-bond donors (Lipinski definition) is 1. The first kappa shape index (κ1) is 23.8. The van der Waals surface area contributed by atoms with E-state index in [1.54, 1.807) is 44.2 Å². The summed E-state index contributed by atoms with van der Waals surface area (Å²) in [5, 5.41) is 22.0. The van der Waals surface area contributed by atoms with Gasteiger partial charge in [-0.05, 0) is 26.0 Å². The van der Waals surface area contributed by atoms with Crippen LogP contribution in [0, 0.1) is 30.1 Å². The molecular weight excluding hydrogens is 496 g/mol. The molecule has 10 heteroatoms. The van der Waals surface area contributed by atoms with Crippen LogP contribution in [0.4, 0.5) is 5.69 Å². The fraction of sp³-hybridized carbons (Fsp3) is 0.370. The van der Waals surface area contributed by atoms with Crippen LogP contribution in [0.15, 0.2) is 42.5 Å². The van der Waals surface area contributed by atoms with Crippen LogP contribution in [0.1, 0.15) is 31.2 Å². The number of nitrogens with zero attached hydrogens (tertiary/aromatic N) is 4. The number of amides is 2. The average molecular weight is 519 g/mol. The lowest BCUT2D eigenvalue weighted by atomic mass is 9.66. The van der Waals surface area contributed by atoms with E-state index in [1.807, 2.05) is 6.07 Å². The topological polar surface area (TPSA) is 126 Å². The third-order valence-corrected chi connectivity index (χ3v) is 8.13. The summed E-state index contributed by atoms with van der Waals surface area (Å²) in [5.74, 6) is -1.64. The maximum Gasteiger partial charge on any atom is 0.240 e. The number of ether oxygens (including phenoxy) is 2. The molecule has 37 heavy (non-hydrogen) atoms. The Morgan fingerprint density at radius 3 is 2.65 bits per heavy atom. The minimum Gasteiger partial charge on any atom is -0.477 e. The first-order valence-corrected chi connectivity index (χ1v) is 12.4. The van der Waals surface area contributed by atoms with Crippen molar-refractivity contribution in [3.8, 4) is 11.9 Å². The van der Waals surface area contributed by atoms with Gasteiger partial charge in [-0.2, -0.15) is 10.2 Å². The minimum atomic E-state index is -1.20. The Hall–Kier alpha value is -3.58. The van der Waals surface area contributed by atoms with Gasteiger partial charge >= 0.3 is 0 Å². The Bertz CT molecular complexity index is 1500. The number of imide groups is 1. The number of aliphatic hydroxyl groups excluding tert-OH is 1. The van der Waals surface area contributed by atoms with Crippen molar-refractivity contribution < 1.29 is 24.2 Å². The van der Waals surface area contributed by atoms with Crippen LogP contribution in [-0.4, -0.2) is 50.8 Å². The number of halogens is 1. The molecule has 9 nitrogen and oxygen atoms in total. The van der Waals surface area contributed by atoms with Gasteiger partial charge in [0.2, 0.25) is 17.7 Å². The maximum atomic E-state index is 14.0. The lowest BCUT2D eigenvalue weighted by Crippen LogP contribution is -2.49. The molecule has 4 heterocycles. The van der Waals surface area contributed by atoms with Crippen molar-refractivity contribution in [1.82, 2.24) is 9.97 Å².